The van der Waals surface area contributed by atoms with Crippen molar-refractivity contribution in [1.82, 2.24) is 0 Å². The molecule has 0 saturated carbocycles. The number of carbonyl (C=O) groups is 1. The monoisotopic (exact) mass is 376 g/mol. The van der Waals surface area contributed by atoms with Gasteiger partial charge in [0.15, 0.2) is 17.2 Å². The summed E-state index contributed by atoms with van der Waals surface area (Å²) in [7, 11) is 2.86. The van der Waals surface area contributed by atoms with Crippen LogP contribution in [0.5, 0.6) is 11.5 Å². The average Bonchev–Trinajstić information content (AvgIpc) is 2.99. The summed E-state index contributed by atoms with van der Waals surface area (Å²) in [6, 6.07) is 12.5. The Morgan fingerprint density at radius 1 is 1.00 bits per heavy atom. The summed E-state index contributed by atoms with van der Waals surface area (Å²) in [5.41, 5.74) is -1.19. The number of hydrogen-bond acceptors (Lipinski definition) is 4. The van der Waals surface area contributed by atoms with Gasteiger partial charge < -0.3 is 9.47 Å². The molecule has 0 aliphatic carbocycles. The average molecular weight is 376 g/mol. The summed E-state index contributed by atoms with van der Waals surface area (Å²) in [6.07, 6.45) is -3.64. The number of hydrazone groups is 1. The fourth-order valence-corrected chi connectivity index (χ4v) is 2.61. The number of methoxy groups -OCH3 is 2. The normalized spacial score (nSPS) is 15.9. The van der Waals surface area contributed by atoms with E-state index in [1.807, 2.05) is 0 Å². The first-order chi connectivity index (χ1) is 12.8. The first-order valence-electron chi connectivity index (χ1n) is 7.84. The van der Waals surface area contributed by atoms with Crippen LogP contribution in [0.15, 0.2) is 59.2 Å². The van der Waals surface area contributed by atoms with Gasteiger partial charge in [0.25, 0.3) is 5.91 Å². The number of benzene rings is 2. The minimum Gasteiger partial charge on any atom is -0.493 e. The van der Waals surface area contributed by atoms with E-state index in [1.165, 1.54) is 38.5 Å². The summed E-state index contributed by atoms with van der Waals surface area (Å²) in [4.78, 5) is 12.6. The van der Waals surface area contributed by atoms with Gasteiger partial charge in [-0.3, -0.25) is 4.79 Å². The highest BCUT2D eigenvalue weighted by Gasteiger charge is 2.46. The second-order valence-electron chi connectivity index (χ2n) is 5.57. The Morgan fingerprint density at radius 3 is 2.26 bits per heavy atom. The molecule has 8 heteroatoms. The molecule has 0 fully saturated rings. The van der Waals surface area contributed by atoms with Crippen LogP contribution >= 0.6 is 0 Å². The molecule has 2 aromatic carbocycles. The van der Waals surface area contributed by atoms with E-state index in [0.29, 0.717) is 17.1 Å². The molecule has 5 nitrogen and oxygen atoms in total. The Hall–Kier alpha value is -3.29. The topological polar surface area (TPSA) is 51.1 Å². The quantitative estimate of drug-likeness (QED) is 0.757. The fourth-order valence-electron chi connectivity index (χ4n) is 2.61. The van der Waals surface area contributed by atoms with Crippen LogP contribution in [0.4, 0.5) is 18.9 Å². The number of para-hydroxylation sites is 1. The maximum Gasteiger partial charge on any atom is 0.435 e. The van der Waals surface area contributed by atoms with Crippen LogP contribution in [0.2, 0.25) is 0 Å². The molecule has 3 rings (SSSR count). The Kier molecular flexibility index (Phi) is 4.89. The van der Waals surface area contributed by atoms with Crippen molar-refractivity contribution in [1.29, 1.82) is 0 Å². The van der Waals surface area contributed by atoms with Crippen molar-refractivity contribution < 1.29 is 27.4 Å². The Labute approximate surface area is 153 Å². The van der Waals surface area contributed by atoms with Crippen LogP contribution < -0.4 is 14.5 Å². The predicted molar refractivity (Wildman–Crippen MR) is 94.9 cm³/mol. The van der Waals surface area contributed by atoms with Crippen molar-refractivity contribution in [3.05, 3.63) is 59.7 Å². The van der Waals surface area contributed by atoms with Gasteiger partial charge in [-0.15, -0.1) is 0 Å². The zero-order valence-electron chi connectivity index (χ0n) is 14.4. The van der Waals surface area contributed by atoms with Gasteiger partial charge in [-0.25, -0.2) is 0 Å². The summed E-state index contributed by atoms with van der Waals surface area (Å²) in [6.45, 7) is 0. The van der Waals surface area contributed by atoms with E-state index >= 15 is 0 Å². The molecule has 0 unspecified atom stereocenters. The van der Waals surface area contributed by atoms with E-state index in [4.69, 9.17) is 9.47 Å². The van der Waals surface area contributed by atoms with E-state index in [0.717, 1.165) is 11.1 Å². The maximum absolute atomic E-state index is 13.4. The van der Waals surface area contributed by atoms with Crippen LogP contribution in [-0.2, 0) is 4.79 Å². The lowest BCUT2D eigenvalue weighted by Gasteiger charge is -2.11. The summed E-state index contributed by atoms with van der Waals surface area (Å²) in [5, 5.41) is 4.26. The first kappa shape index (κ1) is 18.5. The van der Waals surface area contributed by atoms with Crippen LogP contribution in [-0.4, -0.2) is 32.0 Å². The van der Waals surface area contributed by atoms with E-state index in [-0.39, 0.29) is 5.69 Å². The van der Waals surface area contributed by atoms with Crippen LogP contribution in [0.1, 0.15) is 5.56 Å². The minimum absolute atomic E-state index is 0.250. The van der Waals surface area contributed by atoms with Crippen molar-refractivity contribution in [3.63, 3.8) is 0 Å². The molecule has 2 aromatic rings. The van der Waals surface area contributed by atoms with Gasteiger partial charge >= 0.3 is 6.18 Å². The van der Waals surface area contributed by atoms with Crippen molar-refractivity contribution in [2.45, 2.75) is 6.18 Å². The van der Waals surface area contributed by atoms with E-state index < -0.39 is 23.4 Å². The highest BCUT2D eigenvalue weighted by atomic mass is 19.4. The van der Waals surface area contributed by atoms with E-state index in [9.17, 15) is 18.0 Å². The standard InChI is InChI=1S/C19H15F3N2O3/c1-26-15-9-8-12(11-16(15)27-2)10-14-17(19(20,21)22)23-24(18(14)25)13-6-4-3-5-7-13/h3-11H,1-2H3/b14-10-. The van der Waals surface area contributed by atoms with Crippen molar-refractivity contribution >= 4 is 23.4 Å². The molecule has 27 heavy (non-hydrogen) atoms. The van der Waals surface area contributed by atoms with Gasteiger partial charge in [-0.2, -0.15) is 23.3 Å². The molecule has 1 amide bonds. The number of anilines is 1. The van der Waals surface area contributed by atoms with Gasteiger partial charge in [-0.1, -0.05) is 24.3 Å². The molecule has 0 bridgehead atoms. The molecule has 140 valence electrons. The van der Waals surface area contributed by atoms with Crippen LogP contribution in [0, 0.1) is 0 Å². The number of carbonyl (C=O) groups excluding carboxylic acids is 1. The van der Waals surface area contributed by atoms with Crippen LogP contribution in [0.3, 0.4) is 0 Å². The second kappa shape index (κ2) is 7.14. The molecule has 1 aliphatic heterocycles. The molecular formula is C19H15F3N2O3. The molecule has 0 N–H and O–H groups in total. The van der Waals surface area contributed by atoms with Gasteiger partial charge in [0.1, 0.15) is 0 Å². The maximum atomic E-state index is 13.4. The molecular weight excluding hydrogens is 361 g/mol. The Morgan fingerprint density at radius 2 is 1.67 bits per heavy atom. The predicted octanol–water partition coefficient (Wildman–Crippen LogP) is 4.05. The number of halogens is 3. The molecule has 0 radical (unpaired) electrons. The van der Waals surface area contributed by atoms with Crippen molar-refractivity contribution in [2.75, 3.05) is 19.2 Å². The van der Waals surface area contributed by atoms with Crippen LogP contribution in [0.25, 0.3) is 6.08 Å². The number of ether oxygens (including phenoxy) is 2. The zero-order valence-corrected chi connectivity index (χ0v) is 14.4. The second-order valence-corrected chi connectivity index (χ2v) is 5.57. The largest absolute Gasteiger partial charge is 0.493 e. The van der Waals surface area contributed by atoms with Crippen molar-refractivity contribution in [2.24, 2.45) is 5.10 Å². The summed E-state index contributed by atoms with van der Waals surface area (Å²) in [5.74, 6) is -0.0981. The smallest absolute Gasteiger partial charge is 0.435 e. The number of alkyl halides is 3. The first-order valence-corrected chi connectivity index (χ1v) is 7.84. The Balaban J connectivity index is 2.07. The fraction of sp³-hybridized carbons (Fsp3) is 0.158. The number of nitrogens with zero attached hydrogens (tertiary/aromatic N) is 2. The number of rotatable bonds is 4. The summed E-state index contributed by atoms with van der Waals surface area (Å²) < 4.78 is 50.6. The lowest BCUT2D eigenvalue weighted by atomic mass is 10.1. The number of hydrogen-bond donors (Lipinski definition) is 0. The highest BCUT2D eigenvalue weighted by molar-refractivity contribution is 6.34. The lowest BCUT2D eigenvalue weighted by Crippen LogP contribution is -2.25. The molecule has 0 aromatic heterocycles. The summed E-state index contributed by atoms with van der Waals surface area (Å²) >= 11 is 0. The number of amides is 1. The SMILES string of the molecule is COc1ccc(/C=C2\C(=O)N(c3ccccc3)N=C2C(F)(F)F)cc1OC. The third kappa shape index (κ3) is 3.64. The van der Waals surface area contributed by atoms with Gasteiger partial charge in [0, 0.05) is 0 Å². The highest BCUT2D eigenvalue weighted by Crippen LogP contribution is 2.34. The third-order valence-electron chi connectivity index (χ3n) is 3.87. The van der Waals surface area contributed by atoms with Crippen molar-refractivity contribution in [3.8, 4) is 11.5 Å². The minimum atomic E-state index is -4.78. The lowest BCUT2D eigenvalue weighted by molar-refractivity contribution is -0.114. The molecule has 0 spiro atoms. The van der Waals surface area contributed by atoms with Gasteiger partial charge in [0.2, 0.25) is 0 Å². The zero-order chi connectivity index (χ0) is 19.6. The van der Waals surface area contributed by atoms with E-state index in [2.05, 4.69) is 5.10 Å². The third-order valence-corrected chi connectivity index (χ3v) is 3.87. The molecule has 0 atom stereocenters. The Bertz CT molecular complexity index is 922. The van der Waals surface area contributed by atoms with E-state index in [1.54, 1.807) is 24.3 Å². The molecule has 1 aliphatic rings. The molecule has 0 saturated heterocycles. The van der Waals surface area contributed by atoms with Gasteiger partial charge in [-0.05, 0) is 35.9 Å². The molecule has 1 heterocycles. The van der Waals surface area contributed by atoms with Gasteiger partial charge in [0.05, 0.1) is 25.5 Å².